The van der Waals surface area contributed by atoms with Crippen LogP contribution in [0.2, 0.25) is 15.1 Å². The molecule has 1 aliphatic carbocycles. The number of carbonyl (C=O) groups is 2. The Hall–Kier alpha value is -1.75. The number of rotatable bonds is 4. The summed E-state index contributed by atoms with van der Waals surface area (Å²) in [5.74, 6) is -1.14. The Morgan fingerprint density at radius 3 is 2.20 bits per heavy atom. The molecule has 2 aromatic carbocycles. The van der Waals surface area contributed by atoms with Gasteiger partial charge in [0, 0.05) is 15.7 Å². The second-order valence-electron chi connectivity index (χ2n) is 5.96. The van der Waals surface area contributed by atoms with Gasteiger partial charge in [0.25, 0.3) is 0 Å². The van der Waals surface area contributed by atoms with E-state index in [1.807, 2.05) is 6.92 Å². The van der Waals surface area contributed by atoms with Gasteiger partial charge in [-0.05, 0) is 49.2 Å². The van der Waals surface area contributed by atoms with Crippen molar-refractivity contribution in [3.05, 3.63) is 57.0 Å². The van der Waals surface area contributed by atoms with Crippen molar-refractivity contribution in [2.45, 2.75) is 13.3 Å². The van der Waals surface area contributed by atoms with Crippen LogP contribution in [0.3, 0.4) is 0 Å². The lowest BCUT2D eigenvalue weighted by Gasteiger charge is -2.10. The lowest BCUT2D eigenvalue weighted by atomic mass is 10.2. The molecule has 0 radical (unpaired) electrons. The quantitative estimate of drug-likeness (QED) is 0.748. The predicted octanol–water partition coefficient (Wildman–Crippen LogP) is 5.17. The van der Waals surface area contributed by atoms with Crippen molar-refractivity contribution >= 4 is 58.0 Å². The Kier molecular flexibility index (Phi) is 5.23. The summed E-state index contributed by atoms with van der Waals surface area (Å²) < 4.78 is 0. The van der Waals surface area contributed by atoms with Crippen molar-refractivity contribution < 1.29 is 9.59 Å². The summed E-state index contributed by atoms with van der Waals surface area (Å²) in [5, 5.41) is 7.00. The van der Waals surface area contributed by atoms with Crippen LogP contribution >= 0.6 is 34.8 Å². The highest BCUT2D eigenvalue weighted by Gasteiger charge is 2.48. The predicted molar refractivity (Wildman–Crippen MR) is 102 cm³/mol. The second-order valence-corrected chi connectivity index (χ2v) is 7.21. The monoisotopic (exact) mass is 396 g/mol. The standard InChI is InChI=1S/C18H15Cl3N2O2/c1-9-13(20)3-2-4-15(9)22-17(24)11-8-12(11)18(25)23-16-6-5-10(19)7-14(16)21/h2-7,11-12H,8H2,1H3,(H,22,24)(H,23,25). The molecule has 130 valence electrons. The molecule has 7 heteroatoms. The van der Waals surface area contributed by atoms with Crippen molar-refractivity contribution in [3.63, 3.8) is 0 Å². The van der Waals surface area contributed by atoms with E-state index in [9.17, 15) is 9.59 Å². The van der Waals surface area contributed by atoms with Crippen LogP contribution in [-0.4, -0.2) is 11.8 Å². The smallest absolute Gasteiger partial charge is 0.228 e. The number of halogens is 3. The van der Waals surface area contributed by atoms with Crippen LogP contribution in [0.25, 0.3) is 0 Å². The van der Waals surface area contributed by atoms with Gasteiger partial charge in [0.05, 0.1) is 22.5 Å². The summed E-state index contributed by atoms with van der Waals surface area (Å²) in [4.78, 5) is 24.6. The fourth-order valence-electron chi connectivity index (χ4n) is 2.56. The van der Waals surface area contributed by atoms with Gasteiger partial charge in [0.1, 0.15) is 0 Å². The first-order valence-corrected chi connectivity index (χ1v) is 8.82. The highest BCUT2D eigenvalue weighted by molar-refractivity contribution is 6.36. The van der Waals surface area contributed by atoms with E-state index in [2.05, 4.69) is 10.6 Å². The van der Waals surface area contributed by atoms with E-state index in [1.54, 1.807) is 36.4 Å². The SMILES string of the molecule is Cc1c(Cl)cccc1NC(=O)C1CC1C(=O)Nc1ccc(Cl)cc1Cl. The molecule has 0 bridgehead atoms. The zero-order valence-electron chi connectivity index (χ0n) is 13.3. The average molecular weight is 398 g/mol. The summed E-state index contributed by atoms with van der Waals surface area (Å²) in [6.45, 7) is 1.83. The molecule has 0 saturated heterocycles. The third-order valence-corrected chi connectivity index (χ3v) is 5.14. The van der Waals surface area contributed by atoms with Crippen LogP contribution in [0, 0.1) is 18.8 Å². The summed E-state index contributed by atoms with van der Waals surface area (Å²) in [5.41, 5.74) is 1.93. The number of amides is 2. The van der Waals surface area contributed by atoms with Crippen LogP contribution in [-0.2, 0) is 9.59 Å². The van der Waals surface area contributed by atoms with Gasteiger partial charge >= 0.3 is 0 Å². The van der Waals surface area contributed by atoms with Crippen molar-refractivity contribution in [2.75, 3.05) is 10.6 Å². The summed E-state index contributed by atoms with van der Waals surface area (Å²) in [7, 11) is 0. The van der Waals surface area contributed by atoms with Gasteiger partial charge in [-0.15, -0.1) is 0 Å². The highest BCUT2D eigenvalue weighted by Crippen LogP contribution is 2.41. The van der Waals surface area contributed by atoms with Gasteiger partial charge in [-0.1, -0.05) is 40.9 Å². The molecule has 0 spiro atoms. The van der Waals surface area contributed by atoms with Gasteiger partial charge in [-0.3, -0.25) is 9.59 Å². The van der Waals surface area contributed by atoms with Crippen molar-refractivity contribution in [1.29, 1.82) is 0 Å². The van der Waals surface area contributed by atoms with Gasteiger partial charge < -0.3 is 10.6 Å². The fraction of sp³-hybridized carbons (Fsp3) is 0.222. The van der Waals surface area contributed by atoms with Crippen molar-refractivity contribution in [2.24, 2.45) is 11.8 Å². The molecule has 25 heavy (non-hydrogen) atoms. The van der Waals surface area contributed by atoms with E-state index < -0.39 is 0 Å². The molecule has 2 N–H and O–H groups in total. The maximum Gasteiger partial charge on any atom is 0.228 e. The van der Waals surface area contributed by atoms with E-state index >= 15 is 0 Å². The molecule has 2 aromatic rings. The minimum absolute atomic E-state index is 0.187. The van der Waals surface area contributed by atoms with Crippen LogP contribution in [0.5, 0.6) is 0 Å². The minimum Gasteiger partial charge on any atom is -0.326 e. The number of nitrogens with one attached hydrogen (secondary N) is 2. The Morgan fingerprint density at radius 2 is 1.56 bits per heavy atom. The van der Waals surface area contributed by atoms with Crippen molar-refractivity contribution in [3.8, 4) is 0 Å². The number of anilines is 2. The van der Waals surface area contributed by atoms with Gasteiger partial charge in [-0.2, -0.15) is 0 Å². The third kappa shape index (κ3) is 4.09. The van der Waals surface area contributed by atoms with Crippen LogP contribution in [0.15, 0.2) is 36.4 Å². The molecule has 2 unspecified atom stereocenters. The topological polar surface area (TPSA) is 58.2 Å². The summed E-state index contributed by atoms with van der Waals surface area (Å²) in [6.07, 6.45) is 0.502. The number of hydrogen-bond donors (Lipinski definition) is 2. The molecule has 2 amide bonds. The molecule has 1 aliphatic rings. The normalized spacial score (nSPS) is 18.6. The molecule has 4 nitrogen and oxygen atoms in total. The molecule has 0 aromatic heterocycles. The molecule has 0 aliphatic heterocycles. The van der Waals surface area contributed by atoms with Crippen molar-refractivity contribution in [1.82, 2.24) is 0 Å². The highest BCUT2D eigenvalue weighted by atomic mass is 35.5. The molecule has 3 rings (SSSR count). The first-order valence-electron chi connectivity index (χ1n) is 7.68. The van der Waals surface area contributed by atoms with Crippen LogP contribution in [0.4, 0.5) is 11.4 Å². The maximum atomic E-state index is 12.3. The lowest BCUT2D eigenvalue weighted by Crippen LogP contribution is -2.21. The molecular weight excluding hydrogens is 383 g/mol. The van der Waals surface area contributed by atoms with E-state index in [0.717, 1.165) is 5.56 Å². The largest absolute Gasteiger partial charge is 0.326 e. The number of carbonyl (C=O) groups excluding carboxylic acids is 2. The Morgan fingerprint density at radius 1 is 0.920 bits per heavy atom. The van der Waals surface area contributed by atoms with Crippen LogP contribution < -0.4 is 10.6 Å². The molecule has 1 fully saturated rings. The second kappa shape index (κ2) is 7.24. The summed E-state index contributed by atoms with van der Waals surface area (Å²) >= 11 is 17.9. The molecular formula is C18H15Cl3N2O2. The Bertz CT molecular complexity index is 854. The zero-order chi connectivity index (χ0) is 18.1. The first-order chi connectivity index (χ1) is 11.9. The third-order valence-electron chi connectivity index (χ3n) is 4.18. The van der Waals surface area contributed by atoms with E-state index in [0.29, 0.717) is 32.9 Å². The fourth-order valence-corrected chi connectivity index (χ4v) is 3.19. The van der Waals surface area contributed by atoms with Gasteiger partial charge in [0.15, 0.2) is 0 Å². The minimum atomic E-state index is -0.369. The average Bonchev–Trinajstić information content (AvgIpc) is 3.35. The van der Waals surface area contributed by atoms with Gasteiger partial charge in [-0.25, -0.2) is 0 Å². The Balaban J connectivity index is 1.61. The summed E-state index contributed by atoms with van der Waals surface area (Å²) in [6, 6.07) is 10.1. The maximum absolute atomic E-state index is 12.3. The lowest BCUT2D eigenvalue weighted by molar-refractivity contribution is -0.122. The number of hydrogen-bond acceptors (Lipinski definition) is 2. The van der Waals surface area contributed by atoms with E-state index in [1.165, 1.54) is 0 Å². The van der Waals surface area contributed by atoms with Crippen LogP contribution in [0.1, 0.15) is 12.0 Å². The Labute approximate surface area is 160 Å². The van der Waals surface area contributed by atoms with E-state index in [4.69, 9.17) is 34.8 Å². The molecule has 1 saturated carbocycles. The molecule has 0 heterocycles. The number of benzene rings is 2. The molecule has 2 atom stereocenters. The van der Waals surface area contributed by atoms with Gasteiger partial charge in [0.2, 0.25) is 11.8 Å². The van der Waals surface area contributed by atoms with E-state index in [-0.39, 0.29) is 23.7 Å². The first kappa shape index (κ1) is 18.1. The zero-order valence-corrected chi connectivity index (χ0v) is 15.5.